The van der Waals surface area contributed by atoms with Gasteiger partial charge in [-0.2, -0.15) is 0 Å². The van der Waals surface area contributed by atoms with Crippen molar-refractivity contribution in [3.63, 3.8) is 0 Å². The Morgan fingerprint density at radius 2 is 2.19 bits per heavy atom. The average molecular weight is 286 g/mol. The average Bonchev–Trinajstić information content (AvgIpc) is 2.23. The predicted octanol–water partition coefficient (Wildman–Crippen LogP) is 3.19. The Kier molecular flexibility index (Phi) is 4.96. The van der Waals surface area contributed by atoms with Crippen LogP contribution in [0.3, 0.4) is 0 Å². The van der Waals surface area contributed by atoms with Gasteiger partial charge < -0.3 is 10.1 Å². The van der Waals surface area contributed by atoms with Gasteiger partial charge in [-0.05, 0) is 12.1 Å². The molecule has 1 aromatic rings. The summed E-state index contributed by atoms with van der Waals surface area (Å²) in [6, 6.07) is 5.69. The number of rotatable bonds is 4. The lowest BCUT2D eigenvalue weighted by Crippen LogP contribution is -2.18. The van der Waals surface area contributed by atoms with Crippen molar-refractivity contribution in [1.29, 1.82) is 0 Å². The van der Waals surface area contributed by atoms with Crippen LogP contribution < -0.4 is 5.32 Å². The monoisotopic (exact) mass is 285 g/mol. The number of carbonyl (C=O) groups excluding carboxylic acids is 1. The van der Waals surface area contributed by atoms with Gasteiger partial charge >= 0.3 is 0 Å². The largest absolute Gasteiger partial charge is 0.380 e. The van der Waals surface area contributed by atoms with Crippen LogP contribution in [0.5, 0.6) is 0 Å². The van der Waals surface area contributed by atoms with E-state index in [1.807, 2.05) is 32.0 Å². The van der Waals surface area contributed by atoms with Crippen molar-refractivity contribution in [3.8, 4) is 0 Å². The zero-order valence-electron chi connectivity index (χ0n) is 9.71. The van der Waals surface area contributed by atoms with Gasteiger partial charge in [0.1, 0.15) is 0 Å². The standard InChI is InChI=1S/C12H16BrNO2/c1-8(2)12(15)14-11-6-4-5-10(13)9(11)7-16-3/h4-6,8H,7H2,1-3H3,(H,14,15). The maximum absolute atomic E-state index is 11.6. The summed E-state index contributed by atoms with van der Waals surface area (Å²) in [6.45, 7) is 4.20. The molecule has 1 rings (SSSR count). The molecular weight excluding hydrogens is 270 g/mol. The van der Waals surface area contributed by atoms with E-state index in [0.717, 1.165) is 15.7 Å². The number of amides is 1. The summed E-state index contributed by atoms with van der Waals surface area (Å²) in [5, 5.41) is 2.89. The maximum atomic E-state index is 11.6. The summed E-state index contributed by atoms with van der Waals surface area (Å²) < 4.78 is 6.05. The smallest absolute Gasteiger partial charge is 0.226 e. The van der Waals surface area contributed by atoms with Gasteiger partial charge in [-0.25, -0.2) is 0 Å². The summed E-state index contributed by atoms with van der Waals surface area (Å²) in [4.78, 5) is 11.6. The number of benzene rings is 1. The molecule has 3 nitrogen and oxygen atoms in total. The van der Waals surface area contributed by atoms with Gasteiger partial charge in [0.15, 0.2) is 0 Å². The highest BCUT2D eigenvalue weighted by molar-refractivity contribution is 9.10. The van der Waals surface area contributed by atoms with Gasteiger partial charge in [-0.15, -0.1) is 0 Å². The summed E-state index contributed by atoms with van der Waals surface area (Å²) in [7, 11) is 1.63. The molecule has 0 aliphatic carbocycles. The third-order valence-corrected chi connectivity index (χ3v) is 2.93. The Labute approximate surface area is 104 Å². The van der Waals surface area contributed by atoms with E-state index in [1.165, 1.54) is 0 Å². The molecule has 0 aliphatic heterocycles. The number of ether oxygens (including phenoxy) is 1. The summed E-state index contributed by atoms with van der Waals surface area (Å²) in [5.74, 6) is -0.0233. The van der Waals surface area contributed by atoms with Crippen LogP contribution in [0.4, 0.5) is 5.69 Å². The lowest BCUT2D eigenvalue weighted by Gasteiger charge is -2.13. The normalized spacial score (nSPS) is 10.6. The van der Waals surface area contributed by atoms with Crippen LogP contribution in [-0.4, -0.2) is 13.0 Å². The van der Waals surface area contributed by atoms with Crippen LogP contribution in [0.2, 0.25) is 0 Å². The number of nitrogens with one attached hydrogen (secondary N) is 1. The first kappa shape index (κ1) is 13.2. The van der Waals surface area contributed by atoms with Crippen molar-refractivity contribution < 1.29 is 9.53 Å². The number of hydrogen-bond acceptors (Lipinski definition) is 2. The van der Waals surface area contributed by atoms with Crippen LogP contribution in [0.1, 0.15) is 19.4 Å². The zero-order chi connectivity index (χ0) is 12.1. The van der Waals surface area contributed by atoms with Gasteiger partial charge in [0.05, 0.1) is 6.61 Å². The highest BCUT2D eigenvalue weighted by atomic mass is 79.9. The van der Waals surface area contributed by atoms with Gasteiger partial charge in [-0.3, -0.25) is 4.79 Å². The maximum Gasteiger partial charge on any atom is 0.226 e. The molecule has 1 amide bonds. The van der Waals surface area contributed by atoms with E-state index < -0.39 is 0 Å². The second kappa shape index (κ2) is 6.01. The van der Waals surface area contributed by atoms with Gasteiger partial charge in [0.2, 0.25) is 5.91 Å². The fraction of sp³-hybridized carbons (Fsp3) is 0.417. The molecular formula is C12H16BrNO2. The number of halogens is 1. The first-order chi connectivity index (χ1) is 7.56. The molecule has 1 N–H and O–H groups in total. The van der Waals surface area contributed by atoms with E-state index in [9.17, 15) is 4.79 Å². The summed E-state index contributed by atoms with van der Waals surface area (Å²) in [6.07, 6.45) is 0. The first-order valence-electron chi connectivity index (χ1n) is 5.13. The second-order valence-electron chi connectivity index (χ2n) is 3.84. The molecule has 0 fully saturated rings. The van der Waals surface area contributed by atoms with Crippen molar-refractivity contribution in [1.82, 2.24) is 0 Å². The number of hydrogen-bond donors (Lipinski definition) is 1. The van der Waals surface area contributed by atoms with E-state index in [1.54, 1.807) is 7.11 Å². The molecule has 0 saturated carbocycles. The minimum atomic E-state index is -0.0330. The Hall–Kier alpha value is -0.870. The van der Waals surface area contributed by atoms with Crippen molar-refractivity contribution in [2.75, 3.05) is 12.4 Å². The SMILES string of the molecule is COCc1c(Br)cccc1NC(=O)C(C)C. The molecule has 0 aromatic heterocycles. The van der Waals surface area contributed by atoms with Crippen molar-refractivity contribution in [3.05, 3.63) is 28.2 Å². The fourth-order valence-electron chi connectivity index (χ4n) is 1.24. The number of carbonyl (C=O) groups is 1. The zero-order valence-corrected chi connectivity index (χ0v) is 11.3. The van der Waals surface area contributed by atoms with Crippen LogP contribution in [0.25, 0.3) is 0 Å². The lowest BCUT2D eigenvalue weighted by molar-refractivity contribution is -0.118. The van der Waals surface area contributed by atoms with Crippen LogP contribution in [-0.2, 0) is 16.1 Å². The quantitative estimate of drug-likeness (QED) is 0.923. The Balaban J connectivity index is 2.94. The van der Waals surface area contributed by atoms with Crippen LogP contribution in [0.15, 0.2) is 22.7 Å². The molecule has 0 heterocycles. The van der Waals surface area contributed by atoms with Gasteiger partial charge in [0, 0.05) is 28.8 Å². The Morgan fingerprint density at radius 1 is 1.50 bits per heavy atom. The number of anilines is 1. The molecule has 0 radical (unpaired) electrons. The molecule has 1 aromatic carbocycles. The molecule has 16 heavy (non-hydrogen) atoms. The minimum absolute atomic E-state index is 0.00968. The summed E-state index contributed by atoms with van der Waals surface area (Å²) in [5.41, 5.74) is 1.76. The first-order valence-corrected chi connectivity index (χ1v) is 5.92. The molecule has 4 heteroatoms. The highest BCUT2D eigenvalue weighted by Crippen LogP contribution is 2.25. The molecule has 0 aliphatic rings. The van der Waals surface area contributed by atoms with Gasteiger partial charge in [-0.1, -0.05) is 35.8 Å². The third-order valence-electron chi connectivity index (χ3n) is 2.19. The highest BCUT2D eigenvalue weighted by Gasteiger charge is 2.11. The van der Waals surface area contributed by atoms with E-state index in [4.69, 9.17) is 4.74 Å². The predicted molar refractivity (Wildman–Crippen MR) is 68.3 cm³/mol. The third kappa shape index (κ3) is 3.32. The van der Waals surface area contributed by atoms with E-state index in [2.05, 4.69) is 21.2 Å². The number of methoxy groups -OCH3 is 1. The minimum Gasteiger partial charge on any atom is -0.380 e. The van der Waals surface area contributed by atoms with Crippen LogP contribution in [0, 0.1) is 5.92 Å². The van der Waals surface area contributed by atoms with Crippen molar-refractivity contribution in [2.24, 2.45) is 5.92 Å². The Morgan fingerprint density at radius 3 is 2.75 bits per heavy atom. The van der Waals surface area contributed by atoms with Crippen LogP contribution >= 0.6 is 15.9 Å². The molecule has 0 spiro atoms. The molecule has 0 saturated heterocycles. The second-order valence-corrected chi connectivity index (χ2v) is 4.70. The molecule has 88 valence electrons. The topological polar surface area (TPSA) is 38.3 Å². The molecule has 0 unspecified atom stereocenters. The molecule has 0 atom stereocenters. The van der Waals surface area contributed by atoms with E-state index in [-0.39, 0.29) is 11.8 Å². The van der Waals surface area contributed by atoms with Crippen molar-refractivity contribution in [2.45, 2.75) is 20.5 Å². The lowest BCUT2D eigenvalue weighted by atomic mass is 10.1. The van der Waals surface area contributed by atoms with E-state index in [0.29, 0.717) is 6.61 Å². The molecule has 0 bridgehead atoms. The summed E-state index contributed by atoms with van der Waals surface area (Å²) >= 11 is 3.44. The van der Waals surface area contributed by atoms with Crippen molar-refractivity contribution >= 4 is 27.5 Å². The fourth-order valence-corrected chi connectivity index (χ4v) is 1.72. The van der Waals surface area contributed by atoms with E-state index >= 15 is 0 Å². The Bertz CT molecular complexity index is 377. The van der Waals surface area contributed by atoms with Gasteiger partial charge in [0.25, 0.3) is 0 Å².